The molecule has 1 aliphatic rings. The minimum absolute atomic E-state index is 0.126. The number of fused-ring (bicyclic) bond motifs is 3. The maximum atomic E-state index is 11.8. The van der Waals surface area contributed by atoms with Gasteiger partial charge >= 0.3 is 5.97 Å². The van der Waals surface area contributed by atoms with Crippen molar-refractivity contribution in [2.75, 3.05) is 6.61 Å². The molecule has 3 rings (SSSR count). The summed E-state index contributed by atoms with van der Waals surface area (Å²) in [5.41, 5.74) is 2.22. The molecule has 114 valence electrons. The Morgan fingerprint density at radius 1 is 1.27 bits per heavy atom. The van der Waals surface area contributed by atoms with Crippen LogP contribution in [0.5, 0.6) is 11.5 Å². The minimum atomic E-state index is -1.41. The number of aliphatic hydroxyl groups excluding tert-OH is 1. The number of ether oxygens (including phenoxy) is 2. The maximum absolute atomic E-state index is 11.8. The zero-order valence-corrected chi connectivity index (χ0v) is 12.0. The van der Waals surface area contributed by atoms with Gasteiger partial charge in [0.2, 0.25) is 0 Å². The van der Waals surface area contributed by atoms with Gasteiger partial charge in [-0.25, -0.2) is 4.79 Å². The SMILES string of the molecule is CCOC(=O)C(O)C1Oc2ccc(O)cc2-c2ccccc21. The zero-order valence-electron chi connectivity index (χ0n) is 12.0. The van der Waals surface area contributed by atoms with Crippen LogP contribution in [0.4, 0.5) is 0 Å². The number of benzene rings is 2. The maximum Gasteiger partial charge on any atom is 0.339 e. The topological polar surface area (TPSA) is 76.0 Å². The molecule has 0 saturated carbocycles. The van der Waals surface area contributed by atoms with Crippen molar-refractivity contribution in [1.82, 2.24) is 0 Å². The molecule has 0 spiro atoms. The molecule has 0 aromatic heterocycles. The largest absolute Gasteiger partial charge is 0.508 e. The van der Waals surface area contributed by atoms with Crippen LogP contribution in [0.25, 0.3) is 11.1 Å². The van der Waals surface area contributed by atoms with Gasteiger partial charge in [0.1, 0.15) is 11.5 Å². The molecule has 0 saturated heterocycles. The van der Waals surface area contributed by atoms with Gasteiger partial charge in [-0.05, 0) is 30.7 Å². The molecule has 2 aromatic rings. The number of hydrogen-bond acceptors (Lipinski definition) is 5. The lowest BCUT2D eigenvalue weighted by molar-refractivity contribution is -0.158. The number of hydrogen-bond donors (Lipinski definition) is 2. The van der Waals surface area contributed by atoms with Crippen LogP contribution in [-0.4, -0.2) is 28.9 Å². The van der Waals surface area contributed by atoms with Gasteiger partial charge in [-0.1, -0.05) is 24.3 Å². The highest BCUT2D eigenvalue weighted by atomic mass is 16.6. The van der Waals surface area contributed by atoms with Crippen molar-refractivity contribution in [3.63, 3.8) is 0 Å². The molecule has 0 aliphatic carbocycles. The first-order valence-electron chi connectivity index (χ1n) is 7.05. The van der Waals surface area contributed by atoms with Crippen molar-refractivity contribution in [1.29, 1.82) is 0 Å². The van der Waals surface area contributed by atoms with Crippen molar-refractivity contribution >= 4 is 5.97 Å². The minimum Gasteiger partial charge on any atom is -0.508 e. The fraction of sp³-hybridized carbons (Fsp3) is 0.235. The molecule has 0 fully saturated rings. The second-order valence-corrected chi connectivity index (χ2v) is 5.00. The molecule has 22 heavy (non-hydrogen) atoms. The van der Waals surface area contributed by atoms with Gasteiger partial charge in [0.25, 0.3) is 0 Å². The third kappa shape index (κ3) is 2.40. The van der Waals surface area contributed by atoms with E-state index < -0.39 is 18.2 Å². The summed E-state index contributed by atoms with van der Waals surface area (Å²) in [5.74, 6) is -0.0871. The van der Waals surface area contributed by atoms with Crippen LogP contribution in [0.2, 0.25) is 0 Å². The Morgan fingerprint density at radius 2 is 2.05 bits per heavy atom. The van der Waals surface area contributed by atoms with Gasteiger partial charge in [-0.2, -0.15) is 0 Å². The molecule has 2 N–H and O–H groups in total. The lowest BCUT2D eigenvalue weighted by Crippen LogP contribution is -2.34. The highest BCUT2D eigenvalue weighted by Gasteiger charge is 2.36. The summed E-state index contributed by atoms with van der Waals surface area (Å²) in [6.07, 6.45) is -2.25. The molecule has 5 nitrogen and oxygen atoms in total. The molecule has 0 radical (unpaired) electrons. The number of rotatable bonds is 3. The smallest absolute Gasteiger partial charge is 0.339 e. The average molecular weight is 300 g/mol. The summed E-state index contributed by atoms with van der Waals surface area (Å²) in [7, 11) is 0. The molecule has 2 aromatic carbocycles. The van der Waals surface area contributed by atoms with E-state index >= 15 is 0 Å². The third-order valence-corrected chi connectivity index (χ3v) is 3.59. The summed E-state index contributed by atoms with van der Waals surface area (Å²) < 4.78 is 10.7. The molecule has 0 bridgehead atoms. The van der Waals surface area contributed by atoms with E-state index in [4.69, 9.17) is 9.47 Å². The Morgan fingerprint density at radius 3 is 2.82 bits per heavy atom. The first kappa shape index (κ1) is 14.4. The first-order valence-corrected chi connectivity index (χ1v) is 7.05. The standard InChI is InChI=1S/C17H16O5/c1-2-21-17(20)15(19)16-12-6-4-3-5-11(12)13-9-10(18)7-8-14(13)22-16/h3-9,15-16,18-19H,2H2,1H3. The second kappa shape index (κ2) is 5.69. The fourth-order valence-electron chi connectivity index (χ4n) is 2.61. The van der Waals surface area contributed by atoms with E-state index in [-0.39, 0.29) is 12.4 Å². The van der Waals surface area contributed by atoms with Gasteiger partial charge in [0.05, 0.1) is 6.61 Å². The Kier molecular flexibility index (Phi) is 3.73. The number of carbonyl (C=O) groups is 1. The van der Waals surface area contributed by atoms with E-state index in [1.807, 2.05) is 12.1 Å². The van der Waals surface area contributed by atoms with E-state index in [1.54, 1.807) is 31.2 Å². The fourth-order valence-corrected chi connectivity index (χ4v) is 2.61. The highest BCUT2D eigenvalue weighted by Crippen LogP contribution is 2.44. The number of carbonyl (C=O) groups excluding carboxylic acids is 1. The third-order valence-electron chi connectivity index (χ3n) is 3.59. The van der Waals surface area contributed by atoms with Crippen LogP contribution >= 0.6 is 0 Å². The Bertz CT molecular complexity index is 710. The molecule has 5 heteroatoms. The predicted octanol–water partition coefficient (Wildman–Crippen LogP) is 2.42. The van der Waals surface area contributed by atoms with Crippen molar-refractivity contribution in [3.8, 4) is 22.6 Å². The zero-order chi connectivity index (χ0) is 15.7. The normalized spacial score (nSPS) is 16.9. The van der Waals surface area contributed by atoms with Crippen molar-refractivity contribution in [3.05, 3.63) is 48.0 Å². The lowest BCUT2D eigenvalue weighted by atomic mass is 9.90. The summed E-state index contributed by atoms with van der Waals surface area (Å²) in [5, 5.41) is 19.9. The van der Waals surface area contributed by atoms with Crippen LogP contribution in [-0.2, 0) is 9.53 Å². The first-order chi connectivity index (χ1) is 10.6. The van der Waals surface area contributed by atoms with Gasteiger partial charge in [-0.3, -0.25) is 0 Å². The molecule has 2 atom stereocenters. The van der Waals surface area contributed by atoms with Crippen molar-refractivity contribution < 1.29 is 24.5 Å². The molecule has 1 aliphatic heterocycles. The lowest BCUT2D eigenvalue weighted by Gasteiger charge is -2.30. The number of phenolic OH excluding ortho intramolecular Hbond substituents is 1. The van der Waals surface area contributed by atoms with E-state index in [0.717, 1.165) is 11.1 Å². The number of phenols is 1. The molecular formula is C17H16O5. The highest BCUT2D eigenvalue weighted by molar-refractivity contribution is 5.80. The van der Waals surface area contributed by atoms with Gasteiger partial charge in [0.15, 0.2) is 12.2 Å². The Labute approximate surface area is 127 Å². The molecule has 2 unspecified atom stereocenters. The average Bonchev–Trinajstić information content (AvgIpc) is 2.54. The molecule has 1 heterocycles. The number of aromatic hydroxyl groups is 1. The number of esters is 1. The molecular weight excluding hydrogens is 284 g/mol. The summed E-state index contributed by atoms with van der Waals surface area (Å²) in [6.45, 7) is 1.87. The van der Waals surface area contributed by atoms with Crippen LogP contribution in [0.3, 0.4) is 0 Å². The predicted molar refractivity (Wildman–Crippen MR) is 79.6 cm³/mol. The summed E-state index contributed by atoms with van der Waals surface area (Å²) >= 11 is 0. The van der Waals surface area contributed by atoms with Crippen molar-refractivity contribution in [2.45, 2.75) is 19.1 Å². The van der Waals surface area contributed by atoms with E-state index in [9.17, 15) is 15.0 Å². The quantitative estimate of drug-likeness (QED) is 0.851. The van der Waals surface area contributed by atoms with E-state index in [1.165, 1.54) is 6.07 Å². The van der Waals surface area contributed by atoms with Gasteiger partial charge in [-0.15, -0.1) is 0 Å². The molecule has 0 amide bonds. The Hall–Kier alpha value is -2.53. The van der Waals surface area contributed by atoms with Crippen LogP contribution in [0, 0.1) is 0 Å². The van der Waals surface area contributed by atoms with Gasteiger partial charge in [0, 0.05) is 11.1 Å². The number of aliphatic hydroxyl groups is 1. The van der Waals surface area contributed by atoms with Gasteiger partial charge < -0.3 is 19.7 Å². The van der Waals surface area contributed by atoms with Crippen molar-refractivity contribution in [2.24, 2.45) is 0 Å². The second-order valence-electron chi connectivity index (χ2n) is 5.00. The summed E-state index contributed by atoms with van der Waals surface area (Å²) in [6, 6.07) is 12.0. The van der Waals surface area contributed by atoms with E-state index in [2.05, 4.69) is 0 Å². The van der Waals surface area contributed by atoms with Crippen LogP contribution in [0.15, 0.2) is 42.5 Å². The Balaban J connectivity index is 2.06. The van der Waals surface area contributed by atoms with Crippen LogP contribution < -0.4 is 4.74 Å². The monoisotopic (exact) mass is 300 g/mol. The van der Waals surface area contributed by atoms with Crippen LogP contribution in [0.1, 0.15) is 18.6 Å². The summed E-state index contributed by atoms with van der Waals surface area (Å²) in [4.78, 5) is 11.8. The van der Waals surface area contributed by atoms with E-state index in [0.29, 0.717) is 11.3 Å².